The molecule has 2 heterocycles. The highest BCUT2D eigenvalue weighted by Gasteiger charge is 2.15. The monoisotopic (exact) mass is 418 g/mol. The highest BCUT2D eigenvalue weighted by atomic mass is 32.1. The van der Waals surface area contributed by atoms with Gasteiger partial charge in [-0.1, -0.05) is 35.1 Å². The van der Waals surface area contributed by atoms with Crippen LogP contribution in [0.5, 0.6) is 0 Å². The number of hydrogen-bond donors (Lipinski definition) is 1. The zero-order valence-electron chi connectivity index (χ0n) is 16.6. The van der Waals surface area contributed by atoms with Crippen LogP contribution < -0.4 is 10.7 Å². The number of nitrogens with one attached hydrogen (secondary N) is 1. The number of aryl methyl sites for hydroxylation is 2. The first-order valence-corrected chi connectivity index (χ1v) is 10.1. The Balaban J connectivity index is 1.58. The molecule has 150 valence electrons. The van der Waals surface area contributed by atoms with Gasteiger partial charge in [0.05, 0.1) is 16.0 Å². The molecule has 0 unspecified atom stereocenters. The zero-order chi connectivity index (χ0) is 21.4. The van der Waals surface area contributed by atoms with Crippen LogP contribution >= 0.6 is 11.3 Å². The first-order chi connectivity index (χ1) is 14.3. The van der Waals surface area contributed by atoms with E-state index in [1.807, 2.05) is 13.0 Å². The van der Waals surface area contributed by atoms with Crippen LogP contribution in [0.2, 0.25) is 0 Å². The van der Waals surface area contributed by atoms with E-state index in [1.165, 1.54) is 13.0 Å². The number of aromatic nitrogens is 1. The first-order valence-electron chi connectivity index (χ1n) is 9.26. The number of thiazole rings is 1. The van der Waals surface area contributed by atoms with Gasteiger partial charge in [-0.15, -0.1) is 0 Å². The lowest BCUT2D eigenvalue weighted by atomic mass is 10.1. The number of carbonyl (C=O) groups is 2. The standard InChI is InChI=1S/C23H18N2O4S/c1-12-4-9-19-17(10-12)18(27)11-20(29-19)15-5-7-16(8-6-15)22(28)25-23-24-13(2)21(30-23)14(3)26/h4-11H,1-3H3,(H,24,25,28). The van der Waals surface area contributed by atoms with Crippen LogP contribution in [-0.2, 0) is 0 Å². The molecule has 6 nitrogen and oxygen atoms in total. The smallest absolute Gasteiger partial charge is 0.257 e. The number of anilines is 1. The molecule has 0 bridgehead atoms. The van der Waals surface area contributed by atoms with Gasteiger partial charge in [-0.05, 0) is 38.1 Å². The molecule has 2 aromatic carbocycles. The van der Waals surface area contributed by atoms with Gasteiger partial charge in [0.2, 0.25) is 0 Å². The summed E-state index contributed by atoms with van der Waals surface area (Å²) >= 11 is 1.15. The lowest BCUT2D eigenvalue weighted by Gasteiger charge is -2.06. The molecule has 0 atom stereocenters. The molecule has 30 heavy (non-hydrogen) atoms. The van der Waals surface area contributed by atoms with E-state index in [2.05, 4.69) is 10.3 Å². The van der Waals surface area contributed by atoms with Crippen molar-refractivity contribution in [3.63, 3.8) is 0 Å². The van der Waals surface area contributed by atoms with Gasteiger partial charge in [-0.25, -0.2) is 4.98 Å². The molecule has 1 N–H and O–H groups in total. The highest BCUT2D eigenvalue weighted by Crippen LogP contribution is 2.25. The van der Waals surface area contributed by atoms with Crippen LogP contribution in [0, 0.1) is 13.8 Å². The highest BCUT2D eigenvalue weighted by molar-refractivity contribution is 7.17. The molecule has 1 amide bonds. The van der Waals surface area contributed by atoms with E-state index in [4.69, 9.17) is 4.42 Å². The second-order valence-electron chi connectivity index (χ2n) is 7.00. The summed E-state index contributed by atoms with van der Waals surface area (Å²) in [6.07, 6.45) is 0. The third-order valence-electron chi connectivity index (χ3n) is 4.65. The second kappa shape index (κ2) is 7.68. The largest absolute Gasteiger partial charge is 0.456 e. The number of fused-ring (bicyclic) bond motifs is 1. The maximum Gasteiger partial charge on any atom is 0.257 e. The van der Waals surface area contributed by atoms with E-state index in [1.54, 1.807) is 43.3 Å². The minimum atomic E-state index is -0.333. The molecule has 0 saturated heterocycles. The van der Waals surface area contributed by atoms with Crippen LogP contribution in [0.3, 0.4) is 0 Å². The van der Waals surface area contributed by atoms with Crippen molar-refractivity contribution in [1.82, 2.24) is 4.98 Å². The Labute approximate surface area is 176 Å². The van der Waals surface area contributed by atoms with Gasteiger partial charge in [-0.2, -0.15) is 0 Å². The minimum Gasteiger partial charge on any atom is -0.456 e. The molecular formula is C23H18N2O4S. The molecule has 7 heteroatoms. The predicted octanol–water partition coefficient (Wildman–Crippen LogP) is 4.99. The fraction of sp³-hybridized carbons (Fsp3) is 0.130. The fourth-order valence-corrected chi connectivity index (χ4v) is 4.00. The van der Waals surface area contributed by atoms with E-state index in [9.17, 15) is 14.4 Å². The molecular weight excluding hydrogens is 400 g/mol. The Kier molecular flexibility index (Phi) is 5.05. The number of benzene rings is 2. The summed E-state index contributed by atoms with van der Waals surface area (Å²) in [6.45, 7) is 5.12. The van der Waals surface area contributed by atoms with Crippen molar-refractivity contribution in [3.05, 3.63) is 80.5 Å². The Bertz CT molecular complexity index is 1350. The third kappa shape index (κ3) is 3.79. The Morgan fingerprint density at radius 2 is 1.77 bits per heavy atom. The Hall–Kier alpha value is -3.58. The normalized spacial score (nSPS) is 10.9. The predicted molar refractivity (Wildman–Crippen MR) is 117 cm³/mol. The molecule has 0 saturated carbocycles. The summed E-state index contributed by atoms with van der Waals surface area (Å²) in [6, 6.07) is 13.7. The second-order valence-corrected chi connectivity index (χ2v) is 7.99. The van der Waals surface area contributed by atoms with Crippen molar-refractivity contribution >= 4 is 39.1 Å². The van der Waals surface area contributed by atoms with E-state index in [-0.39, 0.29) is 17.1 Å². The average Bonchev–Trinajstić information content (AvgIpc) is 3.09. The molecule has 4 rings (SSSR count). The molecule has 0 aliphatic carbocycles. The minimum absolute atomic E-state index is 0.0816. The van der Waals surface area contributed by atoms with Gasteiger partial charge in [0.15, 0.2) is 16.3 Å². The van der Waals surface area contributed by atoms with E-state index < -0.39 is 0 Å². The number of rotatable bonds is 4. The van der Waals surface area contributed by atoms with Crippen molar-refractivity contribution < 1.29 is 14.0 Å². The summed E-state index contributed by atoms with van der Waals surface area (Å²) in [5.41, 5.74) is 3.11. The van der Waals surface area contributed by atoms with Gasteiger partial charge >= 0.3 is 0 Å². The number of hydrogen-bond acceptors (Lipinski definition) is 6. The molecule has 0 radical (unpaired) electrons. The van der Waals surface area contributed by atoms with Crippen molar-refractivity contribution in [2.45, 2.75) is 20.8 Å². The lowest BCUT2D eigenvalue weighted by molar-refractivity contribution is 0.101. The number of Topliss-reactive ketones (excluding diaryl/α,β-unsaturated/α-hetero) is 1. The topological polar surface area (TPSA) is 89.3 Å². The molecule has 2 aromatic heterocycles. The third-order valence-corrected chi connectivity index (χ3v) is 5.82. The molecule has 0 aliphatic heterocycles. The maximum atomic E-state index is 12.5. The SMILES string of the molecule is CC(=O)c1sc(NC(=O)c2ccc(-c3cc(=O)c4cc(C)ccc4o3)cc2)nc1C. The Morgan fingerprint density at radius 3 is 2.43 bits per heavy atom. The summed E-state index contributed by atoms with van der Waals surface area (Å²) in [4.78, 5) is 41.2. The van der Waals surface area contributed by atoms with Crippen LogP contribution in [-0.4, -0.2) is 16.7 Å². The van der Waals surface area contributed by atoms with Crippen LogP contribution in [0.15, 0.2) is 57.7 Å². The van der Waals surface area contributed by atoms with Crippen molar-refractivity contribution in [2.24, 2.45) is 0 Å². The van der Waals surface area contributed by atoms with Crippen LogP contribution in [0.1, 0.15) is 38.2 Å². The number of nitrogens with zero attached hydrogens (tertiary/aromatic N) is 1. The summed E-state index contributed by atoms with van der Waals surface area (Å²) in [7, 11) is 0. The summed E-state index contributed by atoms with van der Waals surface area (Å²) in [5, 5.41) is 3.63. The molecule has 0 fully saturated rings. The number of amides is 1. The molecule has 0 spiro atoms. The van der Waals surface area contributed by atoms with E-state index >= 15 is 0 Å². The number of ketones is 1. The molecule has 0 aliphatic rings. The first kappa shape index (κ1) is 19.7. The van der Waals surface area contributed by atoms with Gasteiger partial charge in [-0.3, -0.25) is 19.7 Å². The maximum absolute atomic E-state index is 12.5. The fourth-order valence-electron chi connectivity index (χ4n) is 3.14. The van der Waals surface area contributed by atoms with Gasteiger partial charge in [0, 0.05) is 24.1 Å². The average molecular weight is 418 g/mol. The molecule has 4 aromatic rings. The van der Waals surface area contributed by atoms with Crippen molar-refractivity contribution in [3.8, 4) is 11.3 Å². The van der Waals surface area contributed by atoms with E-state index in [0.717, 1.165) is 16.9 Å². The summed E-state index contributed by atoms with van der Waals surface area (Å²) < 4.78 is 5.88. The van der Waals surface area contributed by atoms with Crippen molar-refractivity contribution in [2.75, 3.05) is 5.32 Å². The number of carbonyl (C=O) groups excluding carboxylic acids is 2. The quantitative estimate of drug-likeness (QED) is 0.472. The van der Waals surface area contributed by atoms with E-state index in [0.29, 0.717) is 43.6 Å². The van der Waals surface area contributed by atoms with Crippen LogP contribution in [0.25, 0.3) is 22.3 Å². The summed E-state index contributed by atoms with van der Waals surface area (Å²) in [5.74, 6) is 0.0210. The van der Waals surface area contributed by atoms with Crippen molar-refractivity contribution in [1.29, 1.82) is 0 Å². The zero-order valence-corrected chi connectivity index (χ0v) is 17.4. The van der Waals surface area contributed by atoms with Gasteiger partial charge < -0.3 is 4.42 Å². The lowest BCUT2D eigenvalue weighted by Crippen LogP contribution is -2.11. The van der Waals surface area contributed by atoms with Crippen LogP contribution in [0.4, 0.5) is 5.13 Å². The Morgan fingerprint density at radius 1 is 1.03 bits per heavy atom. The van der Waals surface area contributed by atoms with Gasteiger partial charge in [0.1, 0.15) is 11.3 Å². The van der Waals surface area contributed by atoms with Gasteiger partial charge in [0.25, 0.3) is 5.91 Å².